The van der Waals surface area contributed by atoms with E-state index in [4.69, 9.17) is 0 Å². The highest BCUT2D eigenvalue weighted by Crippen LogP contribution is 2.16. The van der Waals surface area contributed by atoms with Crippen LogP contribution >= 0.6 is 31.9 Å². The molecule has 0 saturated heterocycles. The average molecular weight is 396 g/mol. The van der Waals surface area contributed by atoms with Crippen LogP contribution in [0.25, 0.3) is 0 Å². The Morgan fingerprint density at radius 2 is 1.00 bits per heavy atom. The summed E-state index contributed by atoms with van der Waals surface area (Å²) in [4.78, 5) is 34.9. The van der Waals surface area contributed by atoms with Crippen molar-refractivity contribution in [1.29, 1.82) is 0 Å². The van der Waals surface area contributed by atoms with Crippen LogP contribution in [0.4, 0.5) is 0 Å². The third-order valence-electron chi connectivity index (χ3n) is 2.70. The quantitative estimate of drug-likeness (QED) is 0.581. The average Bonchev–Trinajstić information content (AvgIpc) is 2.46. The highest BCUT2D eigenvalue weighted by Gasteiger charge is 2.12. The van der Waals surface area contributed by atoms with Gasteiger partial charge in [-0.15, -0.1) is 0 Å². The second-order valence-electron chi connectivity index (χ2n) is 4.04. The summed E-state index contributed by atoms with van der Waals surface area (Å²) in [6.45, 7) is 0. The lowest BCUT2D eigenvalue weighted by Gasteiger charge is -2.04. The normalized spacial score (nSPS) is 10.1. The van der Waals surface area contributed by atoms with Crippen molar-refractivity contribution in [2.45, 2.75) is 0 Å². The van der Waals surface area contributed by atoms with Gasteiger partial charge in [-0.25, -0.2) is 0 Å². The fraction of sp³-hybridized carbons (Fsp3) is 0. The first-order chi connectivity index (χ1) is 9.49. The molecule has 0 spiro atoms. The van der Waals surface area contributed by atoms with Crippen LogP contribution in [0.3, 0.4) is 0 Å². The van der Waals surface area contributed by atoms with Gasteiger partial charge in [0.25, 0.3) is 0 Å². The number of carbonyl (C=O) groups is 3. The summed E-state index contributed by atoms with van der Waals surface area (Å²) in [6.07, 6.45) is 0. The summed E-state index contributed by atoms with van der Waals surface area (Å²) >= 11 is 5.70. The minimum atomic E-state index is -0.281. The molecule has 0 radical (unpaired) electrons. The van der Waals surface area contributed by atoms with Crippen molar-refractivity contribution in [2.75, 3.05) is 0 Å². The van der Waals surface area contributed by atoms with Crippen molar-refractivity contribution in [3.8, 4) is 0 Å². The first-order valence-corrected chi connectivity index (χ1v) is 7.22. The Morgan fingerprint density at radius 3 is 1.35 bits per heavy atom. The fourth-order valence-electron chi connectivity index (χ4n) is 1.73. The third kappa shape index (κ3) is 3.29. The van der Waals surface area contributed by atoms with Gasteiger partial charge < -0.3 is 0 Å². The summed E-state index contributed by atoms with van der Waals surface area (Å²) in [5.74, 6) is -0.240. The molecule has 0 heterocycles. The molecule has 5 heteroatoms. The van der Waals surface area contributed by atoms with Gasteiger partial charge in [-0.2, -0.15) is 0 Å². The van der Waals surface area contributed by atoms with Gasteiger partial charge >= 0.3 is 0 Å². The summed E-state index contributed by atoms with van der Waals surface area (Å²) in [7, 11) is 0. The molecule has 0 aliphatic heterocycles. The standard InChI is InChI=1S/C15H8Br2O3/c16-14(19)11-5-1-3-9(7-11)13(18)10-4-2-6-12(8-10)15(17)20/h1-8H. The number of carbonyl (C=O) groups excluding carboxylic acids is 3. The summed E-state index contributed by atoms with van der Waals surface area (Å²) in [5.41, 5.74) is 1.61. The molecule has 2 rings (SSSR count). The van der Waals surface area contributed by atoms with E-state index in [9.17, 15) is 14.4 Å². The molecule has 3 nitrogen and oxygen atoms in total. The van der Waals surface area contributed by atoms with E-state index < -0.39 is 0 Å². The number of benzene rings is 2. The first-order valence-electron chi connectivity index (χ1n) is 5.63. The molecular weight excluding hydrogens is 388 g/mol. The van der Waals surface area contributed by atoms with Gasteiger partial charge in [-0.3, -0.25) is 14.4 Å². The van der Waals surface area contributed by atoms with Crippen molar-refractivity contribution in [3.05, 3.63) is 70.8 Å². The Kier molecular flexibility index (Phi) is 4.62. The minimum Gasteiger partial charge on any atom is -0.289 e. The van der Waals surface area contributed by atoms with E-state index in [2.05, 4.69) is 31.9 Å². The van der Waals surface area contributed by atoms with E-state index in [1.165, 1.54) is 12.1 Å². The second-order valence-corrected chi connectivity index (χ2v) is 5.48. The van der Waals surface area contributed by atoms with E-state index in [1.54, 1.807) is 36.4 Å². The van der Waals surface area contributed by atoms with Crippen LogP contribution in [0, 0.1) is 0 Å². The Hall–Kier alpha value is -1.59. The summed E-state index contributed by atoms with van der Waals surface area (Å²) < 4.78 is -0.562. The van der Waals surface area contributed by atoms with Crippen LogP contribution in [0.5, 0.6) is 0 Å². The van der Waals surface area contributed by atoms with Crippen LogP contribution in [0.2, 0.25) is 0 Å². The van der Waals surface area contributed by atoms with Gasteiger partial charge in [0, 0.05) is 22.3 Å². The molecule has 0 amide bonds. The predicted molar refractivity (Wildman–Crippen MR) is 82.8 cm³/mol. The lowest BCUT2D eigenvalue weighted by atomic mass is 10.0. The minimum absolute atomic E-state index is 0.240. The highest BCUT2D eigenvalue weighted by molar-refractivity contribution is 9.18. The topological polar surface area (TPSA) is 51.2 Å². The van der Waals surface area contributed by atoms with Gasteiger partial charge in [0.1, 0.15) is 0 Å². The summed E-state index contributed by atoms with van der Waals surface area (Å²) in [5, 5.41) is 0. The zero-order chi connectivity index (χ0) is 14.7. The molecule has 0 bridgehead atoms. The summed E-state index contributed by atoms with van der Waals surface area (Å²) in [6, 6.07) is 12.8. The van der Waals surface area contributed by atoms with Crippen LogP contribution in [-0.4, -0.2) is 15.2 Å². The number of hydrogen-bond acceptors (Lipinski definition) is 3. The Balaban J connectivity index is 2.41. The SMILES string of the molecule is O=C(Br)c1cccc(C(=O)c2cccc(C(=O)Br)c2)c1. The van der Waals surface area contributed by atoms with Crippen LogP contribution in [-0.2, 0) is 0 Å². The molecule has 2 aromatic carbocycles. The van der Waals surface area contributed by atoms with Crippen molar-refractivity contribution < 1.29 is 14.4 Å². The lowest BCUT2D eigenvalue weighted by molar-refractivity contribution is 0.103. The molecule has 100 valence electrons. The van der Waals surface area contributed by atoms with E-state index in [-0.39, 0.29) is 15.2 Å². The van der Waals surface area contributed by atoms with E-state index in [0.717, 1.165) is 0 Å². The third-order valence-corrected chi connectivity index (χ3v) is 3.62. The van der Waals surface area contributed by atoms with Gasteiger partial charge in [-0.05, 0) is 44.0 Å². The van der Waals surface area contributed by atoms with Crippen molar-refractivity contribution in [1.82, 2.24) is 0 Å². The van der Waals surface area contributed by atoms with Crippen LogP contribution in [0.1, 0.15) is 36.6 Å². The molecule has 0 aromatic heterocycles. The van der Waals surface area contributed by atoms with Gasteiger partial charge in [0.15, 0.2) is 5.78 Å². The zero-order valence-corrected chi connectivity index (χ0v) is 13.3. The Morgan fingerprint density at radius 1 is 0.650 bits per heavy atom. The van der Waals surface area contributed by atoms with Crippen LogP contribution in [0.15, 0.2) is 48.5 Å². The molecule has 0 fully saturated rings. The van der Waals surface area contributed by atoms with Gasteiger partial charge in [0.05, 0.1) is 0 Å². The van der Waals surface area contributed by atoms with Crippen LogP contribution < -0.4 is 0 Å². The zero-order valence-electron chi connectivity index (χ0n) is 10.1. The van der Waals surface area contributed by atoms with Gasteiger partial charge in [0.2, 0.25) is 9.39 Å². The van der Waals surface area contributed by atoms with E-state index in [0.29, 0.717) is 22.3 Å². The maximum absolute atomic E-state index is 12.3. The number of halogens is 2. The van der Waals surface area contributed by atoms with Crippen molar-refractivity contribution in [3.63, 3.8) is 0 Å². The first kappa shape index (κ1) is 14.8. The fourth-order valence-corrected chi connectivity index (χ4v) is 2.23. The smallest absolute Gasteiger partial charge is 0.228 e. The maximum Gasteiger partial charge on any atom is 0.228 e. The highest BCUT2D eigenvalue weighted by atomic mass is 79.9. The predicted octanol–water partition coefficient (Wildman–Crippen LogP) is 3.99. The Bertz CT molecular complexity index is 648. The molecule has 0 saturated carbocycles. The number of hydrogen-bond donors (Lipinski definition) is 0. The second kappa shape index (κ2) is 6.24. The largest absolute Gasteiger partial charge is 0.289 e. The molecule has 0 aliphatic carbocycles. The molecule has 2 aromatic rings. The van der Waals surface area contributed by atoms with E-state index in [1.807, 2.05) is 0 Å². The number of ketones is 1. The lowest BCUT2D eigenvalue weighted by Crippen LogP contribution is -2.04. The molecule has 0 N–H and O–H groups in total. The molecule has 0 atom stereocenters. The molecule has 20 heavy (non-hydrogen) atoms. The molecule has 0 aliphatic rings. The van der Waals surface area contributed by atoms with Gasteiger partial charge in [-0.1, -0.05) is 36.4 Å². The Labute approximate surface area is 132 Å². The number of rotatable bonds is 4. The van der Waals surface area contributed by atoms with E-state index >= 15 is 0 Å². The molecular formula is C15H8Br2O3. The maximum atomic E-state index is 12.3. The van der Waals surface area contributed by atoms with Crippen molar-refractivity contribution in [2.24, 2.45) is 0 Å². The molecule has 0 unspecified atom stereocenters. The monoisotopic (exact) mass is 394 g/mol. The van der Waals surface area contributed by atoms with Crippen molar-refractivity contribution >= 4 is 47.0 Å².